The number of hydrogen-bond acceptors (Lipinski definition) is 3. The number of aromatic nitrogens is 2. The van der Waals surface area contributed by atoms with Gasteiger partial charge in [-0.2, -0.15) is 5.26 Å². The Kier molecular flexibility index (Phi) is 4.11. The van der Waals surface area contributed by atoms with Crippen LogP contribution in [0.4, 0.5) is 0 Å². The first-order chi connectivity index (χ1) is 11.2. The lowest BCUT2D eigenvalue weighted by molar-refractivity contribution is 0.340. The molecule has 0 bridgehead atoms. The predicted octanol–water partition coefficient (Wildman–Crippen LogP) is 4.04. The van der Waals surface area contributed by atoms with Crippen LogP contribution in [0, 0.1) is 11.3 Å². The van der Waals surface area contributed by atoms with Crippen molar-refractivity contribution in [2.24, 2.45) is 7.05 Å². The van der Waals surface area contributed by atoms with E-state index in [9.17, 15) is 5.26 Å². The second kappa shape index (κ2) is 6.37. The number of allylic oxidation sites excluding steroid dienone is 1. The van der Waals surface area contributed by atoms with Gasteiger partial charge in [0.2, 0.25) is 0 Å². The first-order valence-electron chi connectivity index (χ1n) is 7.49. The van der Waals surface area contributed by atoms with Crippen molar-refractivity contribution in [1.82, 2.24) is 9.55 Å². The third-order valence-corrected chi connectivity index (χ3v) is 3.65. The van der Waals surface area contributed by atoms with Crippen LogP contribution in [0.25, 0.3) is 22.7 Å². The summed E-state index contributed by atoms with van der Waals surface area (Å²) in [5.74, 6) is 1.49. The molecular formula is C19H17N3O. The lowest BCUT2D eigenvalue weighted by Crippen LogP contribution is -1.96. The number of fused-ring (bicyclic) bond motifs is 1. The molecule has 0 atom stereocenters. The smallest absolute Gasteiger partial charge is 0.151 e. The third-order valence-electron chi connectivity index (χ3n) is 3.65. The summed E-state index contributed by atoms with van der Waals surface area (Å²) in [6.07, 6.45) is 1.84. The molecule has 114 valence electrons. The summed E-state index contributed by atoms with van der Waals surface area (Å²) in [6, 6.07) is 17.8. The van der Waals surface area contributed by atoms with E-state index in [1.165, 1.54) is 0 Å². The van der Waals surface area contributed by atoms with E-state index in [0.717, 1.165) is 22.3 Å². The van der Waals surface area contributed by atoms with Gasteiger partial charge >= 0.3 is 0 Å². The van der Waals surface area contributed by atoms with E-state index < -0.39 is 0 Å². The maximum absolute atomic E-state index is 9.53. The van der Waals surface area contributed by atoms with Crippen molar-refractivity contribution in [3.05, 3.63) is 59.9 Å². The molecule has 0 unspecified atom stereocenters. The molecule has 0 saturated heterocycles. The second-order valence-electron chi connectivity index (χ2n) is 5.16. The van der Waals surface area contributed by atoms with Crippen molar-refractivity contribution in [2.75, 3.05) is 6.61 Å². The number of rotatable bonds is 4. The quantitative estimate of drug-likeness (QED) is 0.684. The number of nitriles is 1. The molecule has 1 aromatic heterocycles. The Balaban J connectivity index is 2.01. The molecule has 0 N–H and O–H groups in total. The highest BCUT2D eigenvalue weighted by molar-refractivity contribution is 5.90. The predicted molar refractivity (Wildman–Crippen MR) is 91.8 cm³/mol. The Hall–Kier alpha value is -3.06. The van der Waals surface area contributed by atoms with Crippen LogP contribution in [-0.4, -0.2) is 16.2 Å². The number of aryl methyl sites for hydroxylation is 1. The van der Waals surface area contributed by atoms with Crippen LogP contribution < -0.4 is 4.74 Å². The lowest BCUT2D eigenvalue weighted by Gasteiger charge is -2.03. The van der Waals surface area contributed by atoms with Gasteiger partial charge in [0.25, 0.3) is 0 Å². The molecule has 3 rings (SSSR count). The Morgan fingerprint density at radius 1 is 1.22 bits per heavy atom. The van der Waals surface area contributed by atoms with Gasteiger partial charge in [0, 0.05) is 7.05 Å². The van der Waals surface area contributed by atoms with Crippen LogP contribution in [0.15, 0.2) is 48.5 Å². The van der Waals surface area contributed by atoms with Gasteiger partial charge in [0.1, 0.15) is 11.8 Å². The summed E-state index contributed by atoms with van der Waals surface area (Å²) in [6.45, 7) is 2.59. The fourth-order valence-electron chi connectivity index (χ4n) is 2.53. The van der Waals surface area contributed by atoms with E-state index in [0.29, 0.717) is 18.0 Å². The van der Waals surface area contributed by atoms with Crippen molar-refractivity contribution in [2.45, 2.75) is 6.92 Å². The van der Waals surface area contributed by atoms with Crippen molar-refractivity contribution in [3.63, 3.8) is 0 Å². The summed E-state index contributed by atoms with van der Waals surface area (Å²) in [5.41, 5.74) is 3.37. The second-order valence-corrected chi connectivity index (χ2v) is 5.16. The average molecular weight is 303 g/mol. The molecule has 3 aromatic rings. The highest BCUT2D eigenvalue weighted by Gasteiger charge is 2.11. The largest absolute Gasteiger partial charge is 0.494 e. The summed E-state index contributed by atoms with van der Waals surface area (Å²) < 4.78 is 7.38. The number of benzene rings is 2. The number of ether oxygens (including phenoxy) is 1. The Labute approximate surface area is 135 Å². The zero-order valence-electron chi connectivity index (χ0n) is 13.2. The van der Waals surface area contributed by atoms with Gasteiger partial charge in [-0.1, -0.05) is 24.3 Å². The molecule has 4 heteroatoms. The third kappa shape index (κ3) is 2.95. The van der Waals surface area contributed by atoms with Crippen LogP contribution in [-0.2, 0) is 7.05 Å². The molecule has 0 radical (unpaired) electrons. The highest BCUT2D eigenvalue weighted by Crippen LogP contribution is 2.22. The van der Waals surface area contributed by atoms with Gasteiger partial charge in [-0.25, -0.2) is 4.98 Å². The monoisotopic (exact) mass is 303 g/mol. The average Bonchev–Trinajstić information content (AvgIpc) is 2.92. The van der Waals surface area contributed by atoms with E-state index in [1.54, 1.807) is 0 Å². The van der Waals surface area contributed by atoms with E-state index >= 15 is 0 Å². The molecular weight excluding hydrogens is 286 g/mol. The first kappa shape index (κ1) is 14.9. The van der Waals surface area contributed by atoms with E-state index in [1.807, 2.05) is 73.1 Å². The van der Waals surface area contributed by atoms with Crippen molar-refractivity contribution in [3.8, 4) is 11.8 Å². The van der Waals surface area contributed by atoms with Crippen molar-refractivity contribution < 1.29 is 4.74 Å². The Bertz CT molecular complexity index is 899. The zero-order chi connectivity index (χ0) is 16.2. The minimum atomic E-state index is 0.535. The molecule has 1 heterocycles. The minimum Gasteiger partial charge on any atom is -0.494 e. The van der Waals surface area contributed by atoms with Crippen LogP contribution >= 0.6 is 0 Å². The van der Waals surface area contributed by atoms with Gasteiger partial charge in [0.05, 0.1) is 23.2 Å². The van der Waals surface area contributed by atoms with Crippen molar-refractivity contribution in [1.29, 1.82) is 5.26 Å². The zero-order valence-corrected chi connectivity index (χ0v) is 13.2. The molecule has 0 aliphatic heterocycles. The molecule has 0 aliphatic rings. The van der Waals surface area contributed by atoms with Crippen LogP contribution in [0.2, 0.25) is 0 Å². The number of nitrogens with zero attached hydrogens (tertiary/aromatic N) is 3. The molecule has 0 fully saturated rings. The highest BCUT2D eigenvalue weighted by atomic mass is 16.5. The SMILES string of the molecule is CCOc1ccc(/C=C(/C#N)c2nc3ccccc3n2C)cc1. The minimum absolute atomic E-state index is 0.535. The topological polar surface area (TPSA) is 50.8 Å². The number of para-hydroxylation sites is 2. The molecule has 0 spiro atoms. The Morgan fingerprint density at radius 3 is 2.61 bits per heavy atom. The summed E-state index contributed by atoms with van der Waals surface area (Å²) in [7, 11) is 1.92. The lowest BCUT2D eigenvalue weighted by atomic mass is 10.1. The van der Waals surface area contributed by atoms with Gasteiger partial charge < -0.3 is 9.30 Å². The molecule has 23 heavy (non-hydrogen) atoms. The molecule has 0 aliphatic carbocycles. The van der Waals surface area contributed by atoms with E-state index in [2.05, 4.69) is 11.1 Å². The van der Waals surface area contributed by atoms with E-state index in [-0.39, 0.29) is 0 Å². The molecule has 0 saturated carbocycles. The van der Waals surface area contributed by atoms with Crippen LogP contribution in [0.1, 0.15) is 18.3 Å². The molecule has 4 nitrogen and oxygen atoms in total. The fourth-order valence-corrected chi connectivity index (χ4v) is 2.53. The maximum atomic E-state index is 9.53. The van der Waals surface area contributed by atoms with Gasteiger partial charge in [0.15, 0.2) is 5.82 Å². The Morgan fingerprint density at radius 2 is 1.96 bits per heavy atom. The van der Waals surface area contributed by atoms with Crippen LogP contribution in [0.5, 0.6) is 5.75 Å². The molecule has 0 amide bonds. The van der Waals surface area contributed by atoms with E-state index in [4.69, 9.17) is 4.74 Å². The normalized spacial score (nSPS) is 11.4. The molecule has 2 aromatic carbocycles. The number of imidazole rings is 1. The summed E-state index contributed by atoms with van der Waals surface area (Å²) in [5, 5.41) is 9.53. The fraction of sp³-hybridized carbons (Fsp3) is 0.158. The first-order valence-corrected chi connectivity index (χ1v) is 7.49. The maximum Gasteiger partial charge on any atom is 0.151 e. The van der Waals surface area contributed by atoms with Gasteiger partial charge in [-0.05, 0) is 42.8 Å². The number of hydrogen-bond donors (Lipinski definition) is 0. The van der Waals surface area contributed by atoms with Gasteiger partial charge in [-0.15, -0.1) is 0 Å². The standard InChI is InChI=1S/C19H17N3O/c1-3-23-16-10-8-14(9-11-16)12-15(13-20)19-21-17-6-4-5-7-18(17)22(19)2/h4-12H,3H2,1-2H3/b15-12-. The summed E-state index contributed by atoms with van der Waals surface area (Å²) >= 11 is 0. The van der Waals surface area contributed by atoms with Gasteiger partial charge in [-0.3, -0.25) is 0 Å². The van der Waals surface area contributed by atoms with Crippen LogP contribution in [0.3, 0.4) is 0 Å². The summed E-state index contributed by atoms with van der Waals surface area (Å²) in [4.78, 5) is 4.57. The van der Waals surface area contributed by atoms with Crippen molar-refractivity contribution >= 4 is 22.7 Å².